The van der Waals surface area contributed by atoms with Crippen molar-refractivity contribution >= 4 is 11.6 Å². The van der Waals surface area contributed by atoms with E-state index in [9.17, 15) is 19.8 Å². The fourth-order valence-electron chi connectivity index (χ4n) is 9.65. The van der Waals surface area contributed by atoms with Crippen molar-refractivity contribution in [3.05, 3.63) is 11.1 Å². The van der Waals surface area contributed by atoms with Gasteiger partial charge in [-0.15, -0.1) is 0 Å². The molecule has 4 aliphatic carbocycles. The molecule has 4 nitrogen and oxygen atoms in total. The third-order valence-corrected chi connectivity index (χ3v) is 11.7. The van der Waals surface area contributed by atoms with Crippen LogP contribution in [0.25, 0.3) is 0 Å². The molecule has 0 spiro atoms. The number of carbonyl (C=O) groups excluding carboxylic acids is 2. The third kappa shape index (κ3) is 3.44. The van der Waals surface area contributed by atoms with Gasteiger partial charge < -0.3 is 10.2 Å². The maximum Gasteiger partial charge on any atom is 0.163 e. The van der Waals surface area contributed by atoms with E-state index in [2.05, 4.69) is 41.5 Å². The van der Waals surface area contributed by atoms with Gasteiger partial charge in [0.15, 0.2) is 5.78 Å². The fraction of sp³-hybridized carbons (Fsp3) is 0.867. The molecule has 4 heteroatoms. The Balaban J connectivity index is 1.69. The van der Waals surface area contributed by atoms with Crippen LogP contribution in [0.3, 0.4) is 0 Å². The molecule has 2 N–H and O–H groups in total. The zero-order valence-electron chi connectivity index (χ0n) is 22.8. The zero-order chi connectivity index (χ0) is 25.4. The van der Waals surface area contributed by atoms with Gasteiger partial charge in [-0.1, -0.05) is 66.5 Å². The van der Waals surface area contributed by atoms with Crippen LogP contribution in [-0.2, 0) is 9.59 Å². The Morgan fingerprint density at radius 2 is 1.68 bits per heavy atom. The lowest BCUT2D eigenvalue weighted by Gasteiger charge is -2.69. The number of carbonyl (C=O) groups is 2. The normalized spacial score (nSPS) is 43.3. The molecular weight excluding hydrogens is 424 g/mol. The van der Waals surface area contributed by atoms with Gasteiger partial charge in [0.05, 0.1) is 6.10 Å². The first-order valence-electron chi connectivity index (χ1n) is 13.8. The highest BCUT2D eigenvalue weighted by Crippen LogP contribution is 2.74. The van der Waals surface area contributed by atoms with Gasteiger partial charge in [0.1, 0.15) is 11.9 Å². The van der Waals surface area contributed by atoms with Crippen LogP contribution in [0.1, 0.15) is 107 Å². The van der Waals surface area contributed by atoms with Crippen LogP contribution >= 0.6 is 0 Å². The number of aliphatic hydroxyl groups excluding tert-OH is 2. The van der Waals surface area contributed by atoms with Crippen LogP contribution in [0.5, 0.6) is 0 Å². The predicted molar refractivity (Wildman–Crippen MR) is 135 cm³/mol. The molecule has 4 aliphatic rings. The maximum atomic E-state index is 12.9. The van der Waals surface area contributed by atoms with Crippen molar-refractivity contribution in [1.82, 2.24) is 0 Å². The summed E-state index contributed by atoms with van der Waals surface area (Å²) < 4.78 is 0. The SMILES string of the molecule is CC(C)C(=O)C(O)CC(C)C1=C2CC(O)C3C4(C)CCC(=O)C(C)(C)C4CCC3(C)C2(C)CC1. The lowest BCUT2D eigenvalue weighted by atomic mass is 9.36. The molecule has 0 heterocycles. The number of rotatable bonds is 5. The topological polar surface area (TPSA) is 74.6 Å². The molecule has 3 saturated carbocycles. The molecule has 0 aromatic heterocycles. The second kappa shape index (κ2) is 8.26. The van der Waals surface area contributed by atoms with Gasteiger partial charge in [-0.3, -0.25) is 9.59 Å². The molecule has 0 bridgehead atoms. The van der Waals surface area contributed by atoms with Crippen LogP contribution in [-0.4, -0.2) is 34.0 Å². The summed E-state index contributed by atoms with van der Waals surface area (Å²) in [6.45, 7) is 17.4. The number of hydrogen-bond acceptors (Lipinski definition) is 4. The number of fused-ring (bicyclic) bond motifs is 5. The molecular formula is C30H48O4. The molecule has 34 heavy (non-hydrogen) atoms. The summed E-state index contributed by atoms with van der Waals surface area (Å²) in [5.74, 6) is 0.798. The fourth-order valence-corrected chi connectivity index (χ4v) is 9.65. The van der Waals surface area contributed by atoms with E-state index in [1.165, 1.54) is 11.1 Å². The second-order valence-electron chi connectivity index (χ2n) is 14.0. The molecule has 0 saturated heterocycles. The predicted octanol–water partition coefficient (Wildman–Crippen LogP) is 5.89. The van der Waals surface area contributed by atoms with Crippen molar-refractivity contribution in [3.63, 3.8) is 0 Å². The summed E-state index contributed by atoms with van der Waals surface area (Å²) in [4.78, 5) is 25.2. The van der Waals surface area contributed by atoms with Gasteiger partial charge in [-0.05, 0) is 78.9 Å². The van der Waals surface area contributed by atoms with Gasteiger partial charge in [-0.25, -0.2) is 0 Å². The Labute approximate surface area is 207 Å². The number of aliphatic hydroxyl groups is 2. The summed E-state index contributed by atoms with van der Waals surface area (Å²) in [5.41, 5.74) is 2.43. The number of Topliss-reactive ketones (excluding diaryl/α,β-unsaturated/α-hetero) is 2. The Morgan fingerprint density at radius 3 is 2.29 bits per heavy atom. The molecule has 0 aromatic rings. The van der Waals surface area contributed by atoms with Crippen LogP contribution in [0.15, 0.2) is 11.1 Å². The smallest absolute Gasteiger partial charge is 0.163 e. The van der Waals surface area contributed by atoms with Crippen molar-refractivity contribution in [2.24, 2.45) is 45.3 Å². The molecule has 0 radical (unpaired) electrons. The van der Waals surface area contributed by atoms with E-state index < -0.39 is 12.2 Å². The van der Waals surface area contributed by atoms with Crippen LogP contribution in [0, 0.1) is 45.3 Å². The van der Waals surface area contributed by atoms with Gasteiger partial charge in [0, 0.05) is 17.8 Å². The monoisotopic (exact) mass is 472 g/mol. The van der Waals surface area contributed by atoms with E-state index in [4.69, 9.17) is 0 Å². The minimum absolute atomic E-state index is 0.0183. The van der Waals surface area contributed by atoms with E-state index in [0.717, 1.165) is 32.1 Å². The summed E-state index contributed by atoms with van der Waals surface area (Å²) >= 11 is 0. The Hall–Kier alpha value is -1.00. The lowest BCUT2D eigenvalue weighted by Crippen LogP contribution is -2.65. The largest absolute Gasteiger partial charge is 0.392 e. The molecule has 0 aromatic carbocycles. The molecule has 0 amide bonds. The lowest BCUT2D eigenvalue weighted by molar-refractivity contribution is -0.208. The summed E-state index contributed by atoms with van der Waals surface area (Å²) in [5, 5.41) is 22.3. The molecule has 8 unspecified atom stereocenters. The van der Waals surface area contributed by atoms with Gasteiger partial charge >= 0.3 is 0 Å². The van der Waals surface area contributed by atoms with Crippen LogP contribution in [0.2, 0.25) is 0 Å². The second-order valence-corrected chi connectivity index (χ2v) is 14.0. The van der Waals surface area contributed by atoms with Crippen LogP contribution < -0.4 is 0 Å². The van der Waals surface area contributed by atoms with E-state index in [0.29, 0.717) is 31.0 Å². The maximum absolute atomic E-state index is 12.9. The van der Waals surface area contributed by atoms with Crippen molar-refractivity contribution < 1.29 is 19.8 Å². The minimum Gasteiger partial charge on any atom is -0.392 e. The minimum atomic E-state index is -0.914. The first kappa shape index (κ1) is 26.1. The van der Waals surface area contributed by atoms with Gasteiger partial charge in [-0.2, -0.15) is 0 Å². The molecule has 192 valence electrons. The average Bonchev–Trinajstić information content (AvgIpc) is 3.08. The van der Waals surface area contributed by atoms with E-state index in [1.807, 2.05) is 13.8 Å². The summed E-state index contributed by atoms with van der Waals surface area (Å²) in [6, 6.07) is 0. The average molecular weight is 473 g/mol. The van der Waals surface area contributed by atoms with Gasteiger partial charge in [0.25, 0.3) is 0 Å². The van der Waals surface area contributed by atoms with Crippen LogP contribution in [0.4, 0.5) is 0 Å². The Bertz CT molecular complexity index is 899. The number of ketones is 2. The first-order chi connectivity index (χ1) is 15.6. The molecule has 0 aliphatic heterocycles. The van der Waals surface area contributed by atoms with E-state index in [-0.39, 0.29) is 45.2 Å². The van der Waals surface area contributed by atoms with E-state index >= 15 is 0 Å². The standard InChI is InChI=1S/C30H48O4/c1-17(2)25(34)21(31)15-18(3)19-9-13-29(7)20(19)16-22(32)26-28(6)12-11-24(33)27(4,5)23(28)10-14-30(26,29)8/h17-18,21-23,26,31-32H,9-16H2,1-8H3. The van der Waals surface area contributed by atoms with Crippen molar-refractivity contribution in [1.29, 1.82) is 0 Å². The highest BCUT2D eigenvalue weighted by atomic mass is 16.3. The first-order valence-corrected chi connectivity index (χ1v) is 13.8. The van der Waals surface area contributed by atoms with Crippen molar-refractivity contribution in [2.75, 3.05) is 0 Å². The highest BCUT2D eigenvalue weighted by molar-refractivity contribution is 5.85. The van der Waals surface area contributed by atoms with Crippen molar-refractivity contribution in [3.8, 4) is 0 Å². The number of hydrogen-bond donors (Lipinski definition) is 2. The number of allylic oxidation sites excluding steroid dienone is 1. The summed E-state index contributed by atoms with van der Waals surface area (Å²) in [6.07, 6.45) is 5.53. The Morgan fingerprint density at radius 1 is 1.03 bits per heavy atom. The zero-order valence-corrected chi connectivity index (χ0v) is 22.8. The Kier molecular flexibility index (Phi) is 6.34. The quantitative estimate of drug-likeness (QED) is 0.489. The summed E-state index contributed by atoms with van der Waals surface area (Å²) in [7, 11) is 0. The highest BCUT2D eigenvalue weighted by Gasteiger charge is 2.69. The van der Waals surface area contributed by atoms with E-state index in [1.54, 1.807) is 0 Å². The van der Waals surface area contributed by atoms with Crippen molar-refractivity contribution in [2.45, 2.75) is 119 Å². The van der Waals surface area contributed by atoms with Gasteiger partial charge in [0.2, 0.25) is 0 Å². The molecule has 3 fully saturated rings. The molecule has 4 rings (SSSR count). The third-order valence-electron chi connectivity index (χ3n) is 11.7. The molecule has 8 atom stereocenters.